The summed E-state index contributed by atoms with van der Waals surface area (Å²) >= 11 is 0. The molecule has 0 rings (SSSR count). The molecule has 0 N–H and O–H groups in total. The number of hydrogen-bond acceptors (Lipinski definition) is 4. The van der Waals surface area contributed by atoms with Crippen molar-refractivity contribution >= 4 is 11.9 Å². The Bertz CT molecular complexity index is 66.0. The second-order valence-corrected chi connectivity index (χ2v) is 1.16. The zero-order chi connectivity index (χ0) is 7.15. The highest BCUT2D eigenvalue weighted by atomic mass is 16.6. The van der Waals surface area contributed by atoms with Crippen molar-refractivity contribution in [2.75, 3.05) is 0 Å². The quantitative estimate of drug-likeness (QED) is 0.374. The molecule has 0 heterocycles. The molecule has 0 bridgehead atoms. The molecule has 4 nitrogen and oxygen atoms in total. The van der Waals surface area contributed by atoms with E-state index in [2.05, 4.69) is 0 Å². The number of rotatable bonds is 0. The van der Waals surface area contributed by atoms with E-state index in [1.807, 2.05) is 0 Å². The normalized spacial score (nSPS) is 6.25. The van der Waals surface area contributed by atoms with Gasteiger partial charge >= 0.3 is 0 Å². The molecule has 0 aliphatic carbocycles. The van der Waals surface area contributed by atoms with E-state index in [4.69, 9.17) is 15.0 Å². The van der Waals surface area contributed by atoms with Crippen molar-refractivity contribution in [3.05, 3.63) is 0 Å². The lowest BCUT2D eigenvalue weighted by atomic mass is 10.6. The van der Waals surface area contributed by atoms with Crippen LogP contribution in [0.4, 0.5) is 4.79 Å². The van der Waals surface area contributed by atoms with Gasteiger partial charge < -0.3 is 19.8 Å². The Morgan fingerprint density at radius 3 is 1.12 bits per heavy atom. The van der Waals surface area contributed by atoms with Crippen LogP contribution in [0, 0.1) is 0 Å². The second kappa shape index (κ2) is 5.94. The summed E-state index contributed by atoms with van der Waals surface area (Å²) in [6.45, 7) is 3.06. The number of carbonyl (C=O) groups excluding carboxylic acids is 2. The molecular formula is C4H6O4-2. The maximum absolute atomic E-state index is 9.44. The van der Waals surface area contributed by atoms with Crippen molar-refractivity contribution in [3.8, 4) is 0 Å². The summed E-state index contributed by atoms with van der Waals surface area (Å²) in [6, 6.07) is 0. The predicted molar refractivity (Wildman–Crippen MR) is 21.8 cm³/mol. The molecule has 8 heavy (non-hydrogen) atoms. The molecule has 0 fully saturated rings. The summed E-state index contributed by atoms with van der Waals surface area (Å²) in [5.74, 6) is 0.167. The lowest BCUT2D eigenvalue weighted by molar-refractivity contribution is -0.415. The Morgan fingerprint density at radius 2 is 1.12 bits per heavy atom. The summed E-state index contributed by atoms with van der Waals surface area (Å²) in [5, 5.41) is 16.7. The SMILES string of the molecule is CC(C)=O.O=C([O-])[O-]. The molecule has 0 radical (unpaired) electrons. The van der Waals surface area contributed by atoms with Gasteiger partial charge in [-0.3, -0.25) is 0 Å². The minimum Gasteiger partial charge on any atom is -0.652 e. The number of hydrogen-bond donors (Lipinski definition) is 0. The molecule has 0 atom stereocenters. The maximum atomic E-state index is 9.44. The molecule has 0 spiro atoms. The highest BCUT2D eigenvalue weighted by molar-refractivity contribution is 5.72. The molecule has 0 amide bonds. The first kappa shape index (κ1) is 10.0. The Kier molecular flexibility index (Phi) is 7.45. The van der Waals surface area contributed by atoms with Crippen LogP contribution in [0.2, 0.25) is 0 Å². The van der Waals surface area contributed by atoms with Crippen molar-refractivity contribution in [2.24, 2.45) is 0 Å². The first-order chi connectivity index (χ1) is 3.46. The third kappa shape index (κ3) is 68.3. The van der Waals surface area contributed by atoms with Gasteiger partial charge in [-0.05, 0) is 20.0 Å². The van der Waals surface area contributed by atoms with Crippen molar-refractivity contribution < 1.29 is 19.8 Å². The minimum absolute atomic E-state index is 0.167. The fraction of sp³-hybridized carbons (Fsp3) is 0.500. The number of ketones is 1. The van der Waals surface area contributed by atoms with E-state index in [1.165, 1.54) is 13.8 Å². The van der Waals surface area contributed by atoms with Gasteiger partial charge in [0, 0.05) is 0 Å². The molecule has 0 aliphatic heterocycles. The summed E-state index contributed by atoms with van der Waals surface area (Å²) in [6.07, 6.45) is -2.33. The summed E-state index contributed by atoms with van der Waals surface area (Å²) in [5.41, 5.74) is 0. The first-order valence-corrected chi connectivity index (χ1v) is 1.82. The molecule has 0 saturated carbocycles. The van der Waals surface area contributed by atoms with Crippen LogP contribution in [0.1, 0.15) is 13.8 Å². The van der Waals surface area contributed by atoms with Crippen molar-refractivity contribution in [1.82, 2.24) is 0 Å². The monoisotopic (exact) mass is 118 g/mol. The number of carboxylic acid groups (broad SMARTS) is 2. The van der Waals surface area contributed by atoms with Gasteiger partial charge in [-0.1, -0.05) is 0 Å². The lowest BCUT2D eigenvalue weighted by Gasteiger charge is -1.96. The average molecular weight is 118 g/mol. The highest BCUT2D eigenvalue weighted by Crippen LogP contribution is 1.50. The predicted octanol–water partition coefficient (Wildman–Crippen LogP) is -1.85. The molecule has 48 valence electrons. The van der Waals surface area contributed by atoms with E-state index in [0.717, 1.165) is 0 Å². The molecule has 0 aliphatic rings. The molecule has 0 aromatic rings. The molecule has 0 unspecified atom stereocenters. The van der Waals surface area contributed by atoms with Crippen LogP contribution in [0.25, 0.3) is 0 Å². The molecule has 0 aromatic carbocycles. The van der Waals surface area contributed by atoms with Gasteiger partial charge in [0.05, 0.1) is 0 Å². The molecule has 0 aromatic heterocycles. The van der Waals surface area contributed by atoms with Crippen LogP contribution in [-0.4, -0.2) is 11.9 Å². The van der Waals surface area contributed by atoms with E-state index in [-0.39, 0.29) is 5.78 Å². The minimum atomic E-state index is -2.33. The van der Waals surface area contributed by atoms with Crippen LogP contribution in [0.3, 0.4) is 0 Å². The zero-order valence-electron chi connectivity index (χ0n) is 4.63. The van der Waals surface area contributed by atoms with Crippen LogP contribution in [-0.2, 0) is 4.79 Å². The molecular weight excluding hydrogens is 112 g/mol. The van der Waals surface area contributed by atoms with Gasteiger partial charge in [-0.15, -0.1) is 0 Å². The Labute approximate surface area is 46.8 Å². The Balaban J connectivity index is 0. The fourth-order valence-electron chi connectivity index (χ4n) is 0. The van der Waals surface area contributed by atoms with Crippen molar-refractivity contribution in [3.63, 3.8) is 0 Å². The summed E-state index contributed by atoms with van der Waals surface area (Å²) in [7, 11) is 0. The lowest BCUT2D eigenvalue weighted by Crippen LogP contribution is -2.37. The van der Waals surface area contributed by atoms with Gasteiger partial charge in [-0.25, -0.2) is 0 Å². The van der Waals surface area contributed by atoms with Crippen LogP contribution in [0.15, 0.2) is 0 Å². The fourth-order valence-corrected chi connectivity index (χ4v) is 0. The van der Waals surface area contributed by atoms with Gasteiger partial charge in [0.2, 0.25) is 0 Å². The average Bonchev–Trinajstić information content (AvgIpc) is 1.25. The molecule has 4 heteroatoms. The Morgan fingerprint density at radius 1 is 1.12 bits per heavy atom. The smallest absolute Gasteiger partial charge is 0.126 e. The van der Waals surface area contributed by atoms with Gasteiger partial charge in [-0.2, -0.15) is 0 Å². The van der Waals surface area contributed by atoms with E-state index >= 15 is 0 Å². The van der Waals surface area contributed by atoms with E-state index < -0.39 is 6.16 Å². The summed E-state index contributed by atoms with van der Waals surface area (Å²) in [4.78, 5) is 17.8. The second-order valence-electron chi connectivity index (χ2n) is 1.16. The third-order valence-corrected chi connectivity index (χ3v) is 0. The van der Waals surface area contributed by atoms with Crippen LogP contribution >= 0.6 is 0 Å². The largest absolute Gasteiger partial charge is 0.652 e. The molecule has 0 saturated heterocycles. The van der Waals surface area contributed by atoms with E-state index in [9.17, 15) is 4.79 Å². The van der Waals surface area contributed by atoms with E-state index in [0.29, 0.717) is 0 Å². The number of carbonyl (C=O) groups is 2. The van der Waals surface area contributed by atoms with Gasteiger partial charge in [0.1, 0.15) is 5.78 Å². The summed E-state index contributed by atoms with van der Waals surface area (Å²) < 4.78 is 0. The van der Waals surface area contributed by atoms with Crippen molar-refractivity contribution in [1.29, 1.82) is 0 Å². The highest BCUT2D eigenvalue weighted by Gasteiger charge is 1.62. The standard InChI is InChI=1S/C3H6O.CH2O3/c1-3(2)4;2-1(3)4/h1-2H3;(H2,2,3,4)/p-2. The topological polar surface area (TPSA) is 80.3 Å². The zero-order valence-corrected chi connectivity index (χ0v) is 4.63. The van der Waals surface area contributed by atoms with E-state index in [1.54, 1.807) is 0 Å². The van der Waals surface area contributed by atoms with Crippen molar-refractivity contribution in [2.45, 2.75) is 13.8 Å². The van der Waals surface area contributed by atoms with Crippen LogP contribution < -0.4 is 10.2 Å². The van der Waals surface area contributed by atoms with Gasteiger partial charge in [0.15, 0.2) is 0 Å². The third-order valence-electron chi connectivity index (χ3n) is 0. The first-order valence-electron chi connectivity index (χ1n) is 1.82. The van der Waals surface area contributed by atoms with Crippen LogP contribution in [0.5, 0.6) is 0 Å². The number of Topliss-reactive ketones (excluding diaryl/α,β-unsaturated/α-hetero) is 1. The van der Waals surface area contributed by atoms with Gasteiger partial charge in [0.25, 0.3) is 0 Å². The Hall–Kier alpha value is -1.06. The maximum Gasteiger partial charge on any atom is 0.126 e.